The van der Waals surface area contributed by atoms with Gasteiger partial charge in [0, 0.05) is 17.6 Å². The van der Waals surface area contributed by atoms with Gasteiger partial charge >= 0.3 is 0 Å². The summed E-state index contributed by atoms with van der Waals surface area (Å²) in [5.41, 5.74) is 0.939. The van der Waals surface area contributed by atoms with Crippen LogP contribution in [0.3, 0.4) is 0 Å². The van der Waals surface area contributed by atoms with Crippen LogP contribution in [0.5, 0.6) is 11.5 Å². The third-order valence-electron chi connectivity index (χ3n) is 7.42. The van der Waals surface area contributed by atoms with Gasteiger partial charge in [0.1, 0.15) is 24.1 Å². The van der Waals surface area contributed by atoms with Crippen molar-refractivity contribution >= 4 is 39.1 Å². The highest BCUT2D eigenvalue weighted by Crippen LogP contribution is 2.33. The summed E-state index contributed by atoms with van der Waals surface area (Å²) in [6.07, 6.45) is 3.88. The maximum absolute atomic E-state index is 14.1. The quantitative estimate of drug-likeness (QED) is 0.307. The molecular weight excluding hydrogens is 578 g/mol. The number of carbonyl (C=O) groups is 2. The normalized spacial score (nSPS) is 14.2. The second-order valence-electron chi connectivity index (χ2n) is 10.2. The molecule has 0 aliphatic heterocycles. The number of sulfonamides is 1. The van der Waals surface area contributed by atoms with Gasteiger partial charge in [-0.1, -0.05) is 48.7 Å². The molecule has 1 saturated carbocycles. The molecule has 42 heavy (non-hydrogen) atoms. The summed E-state index contributed by atoms with van der Waals surface area (Å²) < 4.78 is 39.8. The molecule has 0 bridgehead atoms. The molecule has 1 aliphatic rings. The number of methoxy groups -OCH3 is 2. The first-order valence-electron chi connectivity index (χ1n) is 13.8. The van der Waals surface area contributed by atoms with Gasteiger partial charge in [-0.05, 0) is 73.9 Å². The molecule has 0 aromatic heterocycles. The predicted octanol–water partition coefficient (Wildman–Crippen LogP) is 5.03. The lowest BCUT2D eigenvalue weighted by molar-refractivity contribution is -0.139. The van der Waals surface area contributed by atoms with Gasteiger partial charge < -0.3 is 19.7 Å². The molecule has 1 aliphatic carbocycles. The number of anilines is 1. The van der Waals surface area contributed by atoms with Crippen LogP contribution in [0.2, 0.25) is 5.02 Å². The highest BCUT2D eigenvalue weighted by atomic mass is 35.5. The first-order chi connectivity index (χ1) is 20.1. The van der Waals surface area contributed by atoms with E-state index in [4.69, 9.17) is 21.1 Å². The van der Waals surface area contributed by atoms with Crippen molar-refractivity contribution in [2.75, 3.05) is 25.1 Å². The number of rotatable bonds is 12. The topological polar surface area (TPSA) is 105 Å². The molecule has 0 radical (unpaired) electrons. The van der Waals surface area contributed by atoms with Gasteiger partial charge in [-0.15, -0.1) is 0 Å². The fraction of sp³-hybridized carbons (Fsp3) is 0.355. The smallest absolute Gasteiger partial charge is 0.264 e. The van der Waals surface area contributed by atoms with Crippen molar-refractivity contribution in [2.24, 2.45) is 0 Å². The molecule has 11 heteroatoms. The van der Waals surface area contributed by atoms with Crippen LogP contribution in [0.15, 0.2) is 77.7 Å². The summed E-state index contributed by atoms with van der Waals surface area (Å²) in [4.78, 5) is 28.8. The number of ether oxygens (including phenoxy) is 2. The summed E-state index contributed by atoms with van der Waals surface area (Å²) in [6, 6.07) is 18.7. The Morgan fingerprint density at radius 1 is 0.952 bits per heavy atom. The van der Waals surface area contributed by atoms with E-state index < -0.39 is 28.5 Å². The number of carbonyl (C=O) groups excluding carboxylic acids is 2. The molecule has 1 N–H and O–H groups in total. The molecule has 0 spiro atoms. The SMILES string of the molecule is COc1ccc(S(=O)(=O)N(CC(=O)N(Cc2ccc(Cl)cc2)C(C)C(=O)NC2CCCC2)c2ccccc2OC)cc1. The Kier molecular flexibility index (Phi) is 10.3. The first kappa shape index (κ1) is 31.2. The molecule has 224 valence electrons. The minimum Gasteiger partial charge on any atom is -0.497 e. The number of nitrogens with zero attached hydrogens (tertiary/aromatic N) is 2. The van der Waals surface area contributed by atoms with Crippen molar-refractivity contribution in [2.45, 2.75) is 56.1 Å². The Labute approximate surface area is 252 Å². The summed E-state index contributed by atoms with van der Waals surface area (Å²) >= 11 is 6.07. The van der Waals surface area contributed by atoms with Crippen LogP contribution in [0, 0.1) is 0 Å². The summed E-state index contributed by atoms with van der Waals surface area (Å²) in [5, 5.41) is 3.60. The van der Waals surface area contributed by atoms with Crippen LogP contribution in [0.25, 0.3) is 0 Å². The summed E-state index contributed by atoms with van der Waals surface area (Å²) in [6.45, 7) is 1.17. The second-order valence-corrected chi connectivity index (χ2v) is 12.5. The van der Waals surface area contributed by atoms with Crippen molar-refractivity contribution in [3.63, 3.8) is 0 Å². The molecule has 1 atom stereocenters. The van der Waals surface area contributed by atoms with E-state index in [-0.39, 0.29) is 34.8 Å². The van der Waals surface area contributed by atoms with E-state index in [2.05, 4.69) is 5.32 Å². The number of para-hydroxylation sites is 2. The molecular formula is C31H36ClN3O6S. The van der Waals surface area contributed by atoms with Gasteiger partial charge in [0.05, 0.1) is 24.8 Å². The zero-order valence-electron chi connectivity index (χ0n) is 24.0. The van der Waals surface area contributed by atoms with E-state index in [9.17, 15) is 18.0 Å². The average molecular weight is 614 g/mol. The van der Waals surface area contributed by atoms with Crippen LogP contribution >= 0.6 is 11.6 Å². The van der Waals surface area contributed by atoms with E-state index in [1.807, 2.05) is 0 Å². The molecule has 3 aromatic rings. The Hall–Kier alpha value is -3.76. The van der Waals surface area contributed by atoms with Crippen molar-refractivity contribution in [1.82, 2.24) is 10.2 Å². The minimum atomic E-state index is -4.25. The van der Waals surface area contributed by atoms with Crippen molar-refractivity contribution in [3.8, 4) is 11.5 Å². The fourth-order valence-electron chi connectivity index (χ4n) is 4.99. The number of hydrogen-bond donors (Lipinski definition) is 1. The number of amides is 2. The highest BCUT2D eigenvalue weighted by molar-refractivity contribution is 7.92. The van der Waals surface area contributed by atoms with E-state index in [1.165, 1.54) is 43.4 Å². The molecule has 4 rings (SSSR count). The van der Waals surface area contributed by atoms with Crippen molar-refractivity contribution in [1.29, 1.82) is 0 Å². The molecule has 2 amide bonds. The Morgan fingerprint density at radius 3 is 2.21 bits per heavy atom. The lowest BCUT2D eigenvalue weighted by Crippen LogP contribution is -2.52. The lowest BCUT2D eigenvalue weighted by atomic mass is 10.1. The minimum absolute atomic E-state index is 0.0294. The maximum atomic E-state index is 14.1. The van der Waals surface area contributed by atoms with E-state index >= 15 is 0 Å². The van der Waals surface area contributed by atoms with Crippen LogP contribution in [0.1, 0.15) is 38.2 Å². The van der Waals surface area contributed by atoms with Gasteiger partial charge in [0.15, 0.2) is 0 Å². The Balaban J connectivity index is 1.71. The predicted molar refractivity (Wildman–Crippen MR) is 162 cm³/mol. The van der Waals surface area contributed by atoms with E-state index in [1.54, 1.807) is 55.5 Å². The third-order valence-corrected chi connectivity index (χ3v) is 9.44. The molecule has 1 fully saturated rings. The van der Waals surface area contributed by atoms with Crippen LogP contribution < -0.4 is 19.1 Å². The summed E-state index contributed by atoms with van der Waals surface area (Å²) in [5.74, 6) is -0.0724. The third kappa shape index (κ3) is 7.35. The molecule has 0 saturated heterocycles. The van der Waals surface area contributed by atoms with Gasteiger partial charge in [0.25, 0.3) is 10.0 Å². The van der Waals surface area contributed by atoms with E-state index in [0.717, 1.165) is 35.6 Å². The van der Waals surface area contributed by atoms with Crippen LogP contribution in [0.4, 0.5) is 5.69 Å². The van der Waals surface area contributed by atoms with Crippen molar-refractivity contribution < 1.29 is 27.5 Å². The zero-order chi connectivity index (χ0) is 30.3. The Morgan fingerprint density at radius 2 is 1.60 bits per heavy atom. The maximum Gasteiger partial charge on any atom is 0.264 e. The summed E-state index contributed by atoms with van der Waals surface area (Å²) in [7, 11) is -1.33. The van der Waals surface area contributed by atoms with Gasteiger partial charge in [-0.25, -0.2) is 8.42 Å². The van der Waals surface area contributed by atoms with Gasteiger partial charge in [-0.2, -0.15) is 0 Å². The first-order valence-corrected chi connectivity index (χ1v) is 15.6. The molecule has 3 aromatic carbocycles. The second kappa shape index (κ2) is 13.9. The van der Waals surface area contributed by atoms with Gasteiger partial charge in [0.2, 0.25) is 11.8 Å². The highest BCUT2D eigenvalue weighted by Gasteiger charge is 2.34. The molecule has 0 heterocycles. The average Bonchev–Trinajstić information content (AvgIpc) is 3.52. The zero-order valence-corrected chi connectivity index (χ0v) is 25.5. The molecule has 9 nitrogen and oxygen atoms in total. The number of benzene rings is 3. The largest absolute Gasteiger partial charge is 0.497 e. The lowest BCUT2D eigenvalue weighted by Gasteiger charge is -2.32. The number of halogens is 1. The Bertz CT molecular complexity index is 1480. The number of nitrogens with one attached hydrogen (secondary N) is 1. The fourth-order valence-corrected chi connectivity index (χ4v) is 6.54. The molecule has 1 unspecified atom stereocenters. The van der Waals surface area contributed by atoms with E-state index in [0.29, 0.717) is 10.8 Å². The standard InChI is InChI=1S/C31H36ClN3O6S/c1-22(31(37)33-25-8-4-5-9-25)34(20-23-12-14-24(32)15-13-23)30(36)21-35(28-10-6-7-11-29(28)41-3)42(38,39)27-18-16-26(40-2)17-19-27/h6-7,10-19,22,25H,4-5,8-9,20-21H2,1-3H3,(H,33,37). The monoisotopic (exact) mass is 613 g/mol. The van der Waals surface area contributed by atoms with Gasteiger partial charge in [-0.3, -0.25) is 13.9 Å². The van der Waals surface area contributed by atoms with Crippen LogP contribution in [-0.4, -0.2) is 58.0 Å². The van der Waals surface area contributed by atoms with Crippen molar-refractivity contribution in [3.05, 3.63) is 83.4 Å². The van der Waals surface area contributed by atoms with Crippen LogP contribution in [-0.2, 0) is 26.2 Å². The number of hydrogen-bond acceptors (Lipinski definition) is 6.